The van der Waals surface area contributed by atoms with Crippen molar-refractivity contribution in [3.05, 3.63) is 23.8 Å². The van der Waals surface area contributed by atoms with E-state index >= 15 is 0 Å². The zero-order valence-corrected chi connectivity index (χ0v) is 9.64. The number of hydrogen-bond acceptors (Lipinski definition) is 1. The highest BCUT2D eigenvalue weighted by Crippen LogP contribution is 2.46. The largest absolute Gasteiger partial charge is 0.396 e. The lowest BCUT2D eigenvalue weighted by molar-refractivity contribution is 0.278. The Bertz CT molecular complexity index is 248. The third-order valence-corrected chi connectivity index (χ3v) is 3.70. The third kappa shape index (κ3) is 2.09. The van der Waals surface area contributed by atoms with E-state index in [2.05, 4.69) is 33.4 Å². The Morgan fingerprint density at radius 1 is 1.64 bits per heavy atom. The summed E-state index contributed by atoms with van der Waals surface area (Å²) < 4.78 is 0. The smallest absolute Gasteiger partial charge is 0.0434 e. The maximum absolute atomic E-state index is 8.79. The van der Waals surface area contributed by atoms with Crippen LogP contribution in [0.2, 0.25) is 0 Å². The van der Waals surface area contributed by atoms with Crippen LogP contribution in [0.5, 0.6) is 0 Å². The van der Waals surface area contributed by atoms with Crippen LogP contribution in [-0.4, -0.2) is 11.7 Å². The molecule has 1 aliphatic rings. The van der Waals surface area contributed by atoms with Crippen molar-refractivity contribution in [1.29, 1.82) is 0 Å². The lowest BCUT2D eigenvalue weighted by atomic mass is 9.73. The van der Waals surface area contributed by atoms with Gasteiger partial charge in [0, 0.05) is 6.61 Å². The molecule has 1 aliphatic carbocycles. The quantitative estimate of drug-likeness (QED) is 0.681. The van der Waals surface area contributed by atoms with Gasteiger partial charge >= 0.3 is 0 Å². The summed E-state index contributed by atoms with van der Waals surface area (Å²) in [6.07, 6.45) is 5.27. The molecule has 0 spiro atoms. The molecule has 80 valence electrons. The number of hydrogen-bond donors (Lipinski definition) is 1. The van der Waals surface area contributed by atoms with Crippen LogP contribution in [0.3, 0.4) is 0 Å². The van der Waals surface area contributed by atoms with Gasteiger partial charge in [-0.05, 0) is 37.5 Å². The fourth-order valence-corrected chi connectivity index (χ4v) is 2.28. The van der Waals surface area contributed by atoms with Crippen molar-refractivity contribution < 1.29 is 5.11 Å². The van der Waals surface area contributed by atoms with Crippen molar-refractivity contribution in [3.8, 4) is 0 Å². The molecule has 0 bridgehead atoms. The molecule has 0 aromatic rings. The fourth-order valence-electron chi connectivity index (χ4n) is 2.28. The highest BCUT2D eigenvalue weighted by molar-refractivity contribution is 5.25. The van der Waals surface area contributed by atoms with Crippen molar-refractivity contribution in [1.82, 2.24) is 0 Å². The van der Waals surface area contributed by atoms with Crippen LogP contribution < -0.4 is 0 Å². The topological polar surface area (TPSA) is 20.2 Å². The Morgan fingerprint density at radius 3 is 2.71 bits per heavy atom. The molecule has 0 aliphatic heterocycles. The van der Waals surface area contributed by atoms with Gasteiger partial charge in [-0.3, -0.25) is 0 Å². The van der Waals surface area contributed by atoms with Crippen LogP contribution >= 0.6 is 0 Å². The van der Waals surface area contributed by atoms with E-state index in [4.69, 9.17) is 5.11 Å². The Labute approximate surface area is 87.5 Å². The van der Waals surface area contributed by atoms with Gasteiger partial charge < -0.3 is 5.11 Å². The molecule has 0 aromatic heterocycles. The molecule has 1 heteroatoms. The van der Waals surface area contributed by atoms with Crippen LogP contribution in [0.1, 0.15) is 40.0 Å². The zero-order valence-electron chi connectivity index (χ0n) is 9.64. The molecular weight excluding hydrogens is 172 g/mol. The minimum atomic E-state index is 0.270. The molecule has 0 heterocycles. The van der Waals surface area contributed by atoms with Crippen molar-refractivity contribution in [2.45, 2.75) is 40.0 Å². The molecule has 0 saturated heterocycles. The average Bonchev–Trinajstić information content (AvgIpc) is 2.38. The first-order valence-corrected chi connectivity index (χ1v) is 5.46. The van der Waals surface area contributed by atoms with Crippen LogP contribution in [0, 0.1) is 11.3 Å². The van der Waals surface area contributed by atoms with E-state index < -0.39 is 0 Å². The van der Waals surface area contributed by atoms with Crippen LogP contribution in [0.25, 0.3) is 0 Å². The maximum atomic E-state index is 8.79. The minimum absolute atomic E-state index is 0.270. The lowest BCUT2D eigenvalue weighted by Crippen LogP contribution is -2.22. The second-order valence-electron chi connectivity index (χ2n) is 4.88. The number of aliphatic hydroxyl groups is 1. The molecule has 1 atom stereocenters. The molecule has 14 heavy (non-hydrogen) atoms. The van der Waals surface area contributed by atoms with Gasteiger partial charge in [0.05, 0.1) is 0 Å². The second kappa shape index (κ2) is 4.31. The number of allylic oxidation sites excluding steroid dienone is 3. The summed E-state index contributed by atoms with van der Waals surface area (Å²) in [6, 6.07) is 0. The molecule has 0 fully saturated rings. The Hall–Kier alpha value is -0.560. The minimum Gasteiger partial charge on any atom is -0.396 e. The number of rotatable bonds is 4. The fraction of sp³-hybridized carbons (Fsp3) is 0.692. The van der Waals surface area contributed by atoms with Crippen LogP contribution in [-0.2, 0) is 0 Å². The molecule has 1 rings (SSSR count). The molecule has 1 N–H and O–H groups in total. The van der Waals surface area contributed by atoms with E-state index in [-0.39, 0.29) is 12.0 Å². The first kappa shape index (κ1) is 11.5. The summed E-state index contributed by atoms with van der Waals surface area (Å²) in [5, 5.41) is 8.79. The standard InChI is InChI=1S/C13H22O/c1-10(6-5-9-14)12-8-7-11(2)13(12,3)4/h7,12,14H,1,5-6,8-9H2,2-4H3/t12-/m0/s1. The van der Waals surface area contributed by atoms with Gasteiger partial charge in [-0.2, -0.15) is 0 Å². The number of aliphatic hydroxyl groups excluding tert-OH is 1. The Morgan fingerprint density at radius 2 is 2.29 bits per heavy atom. The normalized spacial score (nSPS) is 24.9. The van der Waals surface area contributed by atoms with E-state index in [0.717, 1.165) is 19.3 Å². The van der Waals surface area contributed by atoms with Crippen molar-refractivity contribution in [3.63, 3.8) is 0 Å². The molecule has 0 radical (unpaired) electrons. The van der Waals surface area contributed by atoms with Gasteiger partial charge in [0.1, 0.15) is 0 Å². The molecular formula is C13H22O. The highest BCUT2D eigenvalue weighted by Gasteiger charge is 2.35. The van der Waals surface area contributed by atoms with Gasteiger partial charge in [0.15, 0.2) is 0 Å². The molecule has 1 nitrogen and oxygen atoms in total. The highest BCUT2D eigenvalue weighted by atomic mass is 16.2. The molecule has 0 aromatic carbocycles. The van der Waals surface area contributed by atoms with E-state index in [1.54, 1.807) is 0 Å². The van der Waals surface area contributed by atoms with Gasteiger partial charge in [-0.15, -0.1) is 0 Å². The maximum Gasteiger partial charge on any atom is 0.0434 e. The first-order chi connectivity index (χ1) is 6.50. The predicted molar refractivity (Wildman–Crippen MR) is 61.1 cm³/mol. The Balaban J connectivity index is 2.59. The zero-order chi connectivity index (χ0) is 10.8. The summed E-state index contributed by atoms with van der Waals surface area (Å²) in [4.78, 5) is 0. The van der Waals surface area contributed by atoms with Crippen molar-refractivity contribution in [2.75, 3.05) is 6.61 Å². The molecule has 0 unspecified atom stereocenters. The monoisotopic (exact) mass is 194 g/mol. The Kier molecular flexibility index (Phi) is 3.54. The molecule has 0 amide bonds. The van der Waals surface area contributed by atoms with E-state index in [9.17, 15) is 0 Å². The third-order valence-electron chi connectivity index (χ3n) is 3.70. The SMILES string of the molecule is C=C(CCCO)[C@@H]1CC=C(C)C1(C)C. The lowest BCUT2D eigenvalue weighted by Gasteiger charge is -2.31. The summed E-state index contributed by atoms with van der Waals surface area (Å²) in [7, 11) is 0. The van der Waals surface area contributed by atoms with E-state index in [1.807, 2.05) is 0 Å². The summed E-state index contributed by atoms with van der Waals surface area (Å²) in [5.74, 6) is 0.578. The predicted octanol–water partition coefficient (Wildman–Crippen LogP) is 3.31. The van der Waals surface area contributed by atoms with Gasteiger partial charge in [0.25, 0.3) is 0 Å². The average molecular weight is 194 g/mol. The summed E-state index contributed by atoms with van der Waals surface area (Å²) in [6.45, 7) is 11.2. The van der Waals surface area contributed by atoms with Crippen molar-refractivity contribution in [2.24, 2.45) is 11.3 Å². The summed E-state index contributed by atoms with van der Waals surface area (Å²) in [5.41, 5.74) is 3.05. The van der Waals surface area contributed by atoms with Gasteiger partial charge in [-0.1, -0.05) is 37.6 Å². The van der Waals surface area contributed by atoms with E-state index in [1.165, 1.54) is 11.1 Å². The van der Waals surface area contributed by atoms with Crippen molar-refractivity contribution >= 4 is 0 Å². The van der Waals surface area contributed by atoms with Gasteiger partial charge in [-0.25, -0.2) is 0 Å². The van der Waals surface area contributed by atoms with Crippen LogP contribution in [0.4, 0.5) is 0 Å². The first-order valence-electron chi connectivity index (χ1n) is 5.46. The molecule has 0 saturated carbocycles. The van der Waals surface area contributed by atoms with E-state index in [0.29, 0.717) is 5.92 Å². The van der Waals surface area contributed by atoms with Gasteiger partial charge in [0.2, 0.25) is 0 Å². The summed E-state index contributed by atoms with van der Waals surface area (Å²) >= 11 is 0. The second-order valence-corrected chi connectivity index (χ2v) is 4.88. The van der Waals surface area contributed by atoms with Crippen LogP contribution in [0.15, 0.2) is 23.8 Å².